The SMILES string of the molecule is CCC(=O)NCc1cc2cc(F)c(C)cc2[nH]1. The predicted molar refractivity (Wildman–Crippen MR) is 65.1 cm³/mol. The summed E-state index contributed by atoms with van der Waals surface area (Å²) < 4.78 is 13.3. The van der Waals surface area contributed by atoms with E-state index in [0.717, 1.165) is 16.6 Å². The average molecular weight is 234 g/mol. The fourth-order valence-corrected chi connectivity index (χ4v) is 1.74. The Kier molecular flexibility index (Phi) is 3.13. The van der Waals surface area contributed by atoms with Gasteiger partial charge in [0.05, 0.1) is 6.54 Å². The molecule has 0 aliphatic heterocycles. The van der Waals surface area contributed by atoms with Gasteiger partial charge in [-0.3, -0.25) is 4.79 Å². The summed E-state index contributed by atoms with van der Waals surface area (Å²) in [5, 5.41) is 3.60. The lowest BCUT2D eigenvalue weighted by molar-refractivity contribution is -0.120. The highest BCUT2D eigenvalue weighted by Gasteiger charge is 2.05. The van der Waals surface area contributed by atoms with E-state index >= 15 is 0 Å². The van der Waals surface area contributed by atoms with E-state index in [2.05, 4.69) is 10.3 Å². The second kappa shape index (κ2) is 4.57. The molecule has 3 nitrogen and oxygen atoms in total. The molecule has 0 bridgehead atoms. The van der Waals surface area contributed by atoms with Crippen LogP contribution in [-0.2, 0) is 11.3 Å². The first kappa shape index (κ1) is 11.6. The monoisotopic (exact) mass is 234 g/mol. The van der Waals surface area contributed by atoms with Crippen LogP contribution in [0.15, 0.2) is 18.2 Å². The Morgan fingerprint density at radius 3 is 2.88 bits per heavy atom. The van der Waals surface area contributed by atoms with Gasteiger partial charge in [0.15, 0.2) is 0 Å². The Morgan fingerprint density at radius 2 is 2.18 bits per heavy atom. The summed E-state index contributed by atoms with van der Waals surface area (Å²) in [4.78, 5) is 14.3. The summed E-state index contributed by atoms with van der Waals surface area (Å²) in [6, 6.07) is 5.13. The lowest BCUT2D eigenvalue weighted by Gasteiger charge is -2.00. The fourth-order valence-electron chi connectivity index (χ4n) is 1.74. The Labute approximate surface area is 99.0 Å². The normalized spacial score (nSPS) is 10.8. The first-order valence-corrected chi connectivity index (χ1v) is 5.64. The molecular formula is C13H15FN2O. The summed E-state index contributed by atoms with van der Waals surface area (Å²) in [6.45, 7) is 3.98. The van der Waals surface area contributed by atoms with Crippen molar-refractivity contribution in [3.05, 3.63) is 35.3 Å². The third kappa shape index (κ3) is 2.46. The summed E-state index contributed by atoms with van der Waals surface area (Å²) >= 11 is 0. The van der Waals surface area contributed by atoms with Crippen LogP contribution in [0.2, 0.25) is 0 Å². The minimum Gasteiger partial charge on any atom is -0.357 e. The minimum absolute atomic E-state index is 0.00557. The van der Waals surface area contributed by atoms with E-state index in [-0.39, 0.29) is 11.7 Å². The van der Waals surface area contributed by atoms with Gasteiger partial charge < -0.3 is 10.3 Å². The number of H-pyrrole nitrogens is 1. The number of aryl methyl sites for hydroxylation is 1. The number of amides is 1. The first-order chi connectivity index (χ1) is 8.10. The number of carbonyl (C=O) groups is 1. The number of rotatable bonds is 3. The molecular weight excluding hydrogens is 219 g/mol. The molecule has 0 saturated carbocycles. The van der Waals surface area contributed by atoms with Gasteiger partial charge in [0, 0.05) is 23.0 Å². The molecule has 0 saturated heterocycles. The van der Waals surface area contributed by atoms with Crippen LogP contribution in [0.3, 0.4) is 0 Å². The number of halogens is 1. The minimum atomic E-state index is -0.208. The number of nitrogens with one attached hydrogen (secondary N) is 2. The van der Waals surface area contributed by atoms with E-state index in [4.69, 9.17) is 0 Å². The molecule has 1 heterocycles. The van der Waals surface area contributed by atoms with Crippen LogP contribution >= 0.6 is 0 Å². The van der Waals surface area contributed by atoms with Crippen LogP contribution in [0.5, 0.6) is 0 Å². The molecule has 2 rings (SSSR count). The molecule has 0 aliphatic carbocycles. The van der Waals surface area contributed by atoms with Gasteiger partial charge in [-0.2, -0.15) is 0 Å². The van der Waals surface area contributed by atoms with Crippen LogP contribution in [0.25, 0.3) is 10.9 Å². The first-order valence-electron chi connectivity index (χ1n) is 5.64. The highest BCUT2D eigenvalue weighted by molar-refractivity contribution is 5.81. The molecule has 17 heavy (non-hydrogen) atoms. The molecule has 0 spiro atoms. The second-order valence-corrected chi connectivity index (χ2v) is 4.11. The number of aromatic amines is 1. The highest BCUT2D eigenvalue weighted by atomic mass is 19.1. The van der Waals surface area contributed by atoms with Crippen molar-refractivity contribution < 1.29 is 9.18 Å². The van der Waals surface area contributed by atoms with Gasteiger partial charge in [-0.25, -0.2) is 4.39 Å². The molecule has 2 aromatic rings. The van der Waals surface area contributed by atoms with Crippen LogP contribution in [0.1, 0.15) is 24.6 Å². The lowest BCUT2D eigenvalue weighted by atomic mass is 10.2. The maximum atomic E-state index is 13.3. The number of hydrogen-bond donors (Lipinski definition) is 2. The molecule has 1 aromatic carbocycles. The number of aromatic nitrogens is 1. The molecule has 2 N–H and O–H groups in total. The molecule has 90 valence electrons. The zero-order valence-corrected chi connectivity index (χ0v) is 9.93. The Morgan fingerprint density at radius 1 is 1.41 bits per heavy atom. The zero-order valence-electron chi connectivity index (χ0n) is 9.93. The van der Waals surface area contributed by atoms with Gasteiger partial charge in [-0.1, -0.05) is 6.92 Å². The van der Waals surface area contributed by atoms with E-state index in [1.807, 2.05) is 6.07 Å². The van der Waals surface area contributed by atoms with Crippen molar-refractivity contribution in [2.75, 3.05) is 0 Å². The third-order valence-corrected chi connectivity index (χ3v) is 2.75. The molecule has 4 heteroatoms. The molecule has 0 fully saturated rings. The summed E-state index contributed by atoms with van der Waals surface area (Å²) in [5.74, 6) is -0.202. The Bertz CT molecular complexity index is 521. The van der Waals surface area contributed by atoms with Gasteiger partial charge in [-0.05, 0) is 30.7 Å². The standard InChI is InChI=1S/C13H15FN2O/c1-3-13(17)15-7-10-5-9-6-11(14)8(2)4-12(9)16-10/h4-6,16H,3,7H2,1-2H3,(H,15,17). The second-order valence-electron chi connectivity index (χ2n) is 4.11. The Balaban J connectivity index is 2.23. The van der Waals surface area contributed by atoms with Gasteiger partial charge in [0.2, 0.25) is 5.91 Å². The van der Waals surface area contributed by atoms with Crippen molar-refractivity contribution in [2.45, 2.75) is 26.8 Å². The van der Waals surface area contributed by atoms with Crippen LogP contribution in [-0.4, -0.2) is 10.9 Å². The Hall–Kier alpha value is -1.84. The summed E-state index contributed by atoms with van der Waals surface area (Å²) in [5.41, 5.74) is 2.39. The van der Waals surface area contributed by atoms with Gasteiger partial charge in [0.25, 0.3) is 0 Å². The third-order valence-electron chi connectivity index (χ3n) is 2.75. The fraction of sp³-hybridized carbons (Fsp3) is 0.308. The number of carbonyl (C=O) groups excluding carboxylic acids is 1. The zero-order chi connectivity index (χ0) is 12.4. The van der Waals surface area contributed by atoms with Crippen molar-refractivity contribution in [1.29, 1.82) is 0 Å². The molecule has 0 radical (unpaired) electrons. The largest absolute Gasteiger partial charge is 0.357 e. The van der Waals surface area contributed by atoms with Crippen molar-refractivity contribution in [1.82, 2.24) is 10.3 Å². The van der Waals surface area contributed by atoms with Gasteiger partial charge in [-0.15, -0.1) is 0 Å². The molecule has 1 amide bonds. The van der Waals surface area contributed by atoms with Crippen LogP contribution in [0.4, 0.5) is 4.39 Å². The van der Waals surface area contributed by atoms with E-state index in [1.165, 1.54) is 6.07 Å². The molecule has 1 aromatic heterocycles. The molecule has 0 aliphatic rings. The van der Waals surface area contributed by atoms with Crippen molar-refractivity contribution in [3.8, 4) is 0 Å². The van der Waals surface area contributed by atoms with Crippen molar-refractivity contribution in [3.63, 3.8) is 0 Å². The van der Waals surface area contributed by atoms with E-state index in [1.54, 1.807) is 19.9 Å². The van der Waals surface area contributed by atoms with Gasteiger partial charge >= 0.3 is 0 Å². The quantitative estimate of drug-likeness (QED) is 0.842. The average Bonchev–Trinajstić information content (AvgIpc) is 2.68. The number of hydrogen-bond acceptors (Lipinski definition) is 1. The molecule has 0 unspecified atom stereocenters. The maximum absolute atomic E-state index is 13.3. The number of fused-ring (bicyclic) bond motifs is 1. The van der Waals surface area contributed by atoms with E-state index in [9.17, 15) is 9.18 Å². The lowest BCUT2D eigenvalue weighted by Crippen LogP contribution is -2.21. The topological polar surface area (TPSA) is 44.9 Å². The predicted octanol–water partition coefficient (Wildman–Crippen LogP) is 2.64. The van der Waals surface area contributed by atoms with E-state index in [0.29, 0.717) is 18.5 Å². The molecule has 0 atom stereocenters. The van der Waals surface area contributed by atoms with Crippen LogP contribution < -0.4 is 5.32 Å². The van der Waals surface area contributed by atoms with E-state index < -0.39 is 0 Å². The maximum Gasteiger partial charge on any atom is 0.220 e. The van der Waals surface area contributed by atoms with Crippen molar-refractivity contribution in [2.24, 2.45) is 0 Å². The van der Waals surface area contributed by atoms with Crippen LogP contribution in [0, 0.1) is 12.7 Å². The van der Waals surface area contributed by atoms with Crippen molar-refractivity contribution >= 4 is 16.8 Å². The highest BCUT2D eigenvalue weighted by Crippen LogP contribution is 2.19. The smallest absolute Gasteiger partial charge is 0.220 e. The van der Waals surface area contributed by atoms with Gasteiger partial charge in [0.1, 0.15) is 5.82 Å². The summed E-state index contributed by atoms with van der Waals surface area (Å²) in [6.07, 6.45) is 0.466. The summed E-state index contributed by atoms with van der Waals surface area (Å²) in [7, 11) is 0. The number of benzene rings is 1.